The summed E-state index contributed by atoms with van der Waals surface area (Å²) in [6, 6.07) is 14.0. The van der Waals surface area contributed by atoms with E-state index in [-0.39, 0.29) is 0 Å². The number of aromatic nitrogens is 6. The molecule has 8 nitrogen and oxygen atoms in total. The molecule has 0 aliphatic carbocycles. The van der Waals surface area contributed by atoms with Gasteiger partial charge in [0.05, 0.1) is 11.0 Å². The van der Waals surface area contributed by atoms with Crippen molar-refractivity contribution in [1.29, 1.82) is 0 Å². The van der Waals surface area contributed by atoms with Crippen LogP contribution in [0.2, 0.25) is 0 Å². The van der Waals surface area contributed by atoms with Crippen LogP contribution < -0.4 is 0 Å². The van der Waals surface area contributed by atoms with Crippen molar-refractivity contribution in [2.75, 3.05) is 0 Å². The van der Waals surface area contributed by atoms with Crippen LogP contribution in [0.1, 0.15) is 43.6 Å². The molecule has 0 bridgehead atoms. The van der Waals surface area contributed by atoms with E-state index in [4.69, 9.17) is 4.98 Å². The predicted molar refractivity (Wildman–Crippen MR) is 108 cm³/mol. The van der Waals surface area contributed by atoms with Gasteiger partial charge in [0.25, 0.3) is 0 Å². The largest absolute Gasteiger partial charge is 0.479 e. The van der Waals surface area contributed by atoms with Gasteiger partial charge in [0.15, 0.2) is 6.04 Å². The molecule has 2 N–H and O–H groups in total. The molecular formula is C21H22N6O2. The third-order valence-electron chi connectivity index (χ3n) is 5.01. The number of hydrogen-bond acceptors (Lipinski definition) is 5. The fraction of sp³-hybridized carbons (Fsp3) is 0.286. The van der Waals surface area contributed by atoms with Crippen LogP contribution in [-0.2, 0) is 11.2 Å². The lowest BCUT2D eigenvalue weighted by Gasteiger charge is -2.20. The zero-order valence-corrected chi connectivity index (χ0v) is 16.1. The van der Waals surface area contributed by atoms with Crippen molar-refractivity contribution < 1.29 is 9.90 Å². The summed E-state index contributed by atoms with van der Waals surface area (Å²) >= 11 is 0. The standard InChI is InChI=1S/C21H22N6O2/c1-2-3-4-13-18-22-16-11-7-8-12-17(16)27(18)19(21(28)29)14-9-5-6-10-15(14)20-23-25-26-24-20/h5-12,19H,2-4,13H2,1H3,(H,28,29)(H,23,24,25,26). The molecule has 2 heterocycles. The van der Waals surface area contributed by atoms with Crippen LogP contribution in [0.3, 0.4) is 0 Å². The highest BCUT2D eigenvalue weighted by molar-refractivity contribution is 5.84. The fourth-order valence-corrected chi connectivity index (χ4v) is 3.69. The van der Waals surface area contributed by atoms with Crippen LogP contribution in [-0.4, -0.2) is 41.3 Å². The van der Waals surface area contributed by atoms with E-state index in [9.17, 15) is 9.90 Å². The molecule has 0 saturated heterocycles. The molecule has 0 radical (unpaired) electrons. The van der Waals surface area contributed by atoms with Crippen LogP contribution in [0, 0.1) is 0 Å². The lowest BCUT2D eigenvalue weighted by molar-refractivity contribution is -0.139. The van der Waals surface area contributed by atoms with E-state index in [1.807, 2.05) is 47.0 Å². The van der Waals surface area contributed by atoms with Gasteiger partial charge in [0, 0.05) is 12.0 Å². The molecule has 0 saturated carbocycles. The first kappa shape index (κ1) is 18.8. The number of aromatic amines is 1. The van der Waals surface area contributed by atoms with Gasteiger partial charge in [0.1, 0.15) is 5.82 Å². The van der Waals surface area contributed by atoms with Crippen LogP contribution >= 0.6 is 0 Å². The maximum absolute atomic E-state index is 12.5. The Balaban J connectivity index is 1.91. The zero-order chi connectivity index (χ0) is 20.2. The molecule has 4 aromatic rings. The van der Waals surface area contributed by atoms with Crippen molar-refractivity contribution in [3.63, 3.8) is 0 Å². The van der Waals surface area contributed by atoms with E-state index in [2.05, 4.69) is 27.5 Å². The number of benzene rings is 2. The molecule has 1 atom stereocenters. The molecule has 29 heavy (non-hydrogen) atoms. The quantitative estimate of drug-likeness (QED) is 0.445. The highest BCUT2D eigenvalue weighted by Crippen LogP contribution is 2.32. The number of rotatable bonds is 8. The molecule has 0 aliphatic rings. The molecule has 8 heteroatoms. The van der Waals surface area contributed by atoms with Crippen molar-refractivity contribution >= 4 is 17.0 Å². The van der Waals surface area contributed by atoms with Crippen molar-refractivity contribution in [1.82, 2.24) is 30.2 Å². The predicted octanol–water partition coefficient (Wildman–Crippen LogP) is 3.62. The summed E-state index contributed by atoms with van der Waals surface area (Å²) in [5.74, 6) is 0.180. The number of para-hydroxylation sites is 2. The first-order valence-corrected chi connectivity index (χ1v) is 9.72. The van der Waals surface area contributed by atoms with Gasteiger partial charge in [-0.2, -0.15) is 5.21 Å². The van der Waals surface area contributed by atoms with Crippen molar-refractivity contribution in [3.05, 3.63) is 59.9 Å². The number of tetrazole rings is 1. The highest BCUT2D eigenvalue weighted by atomic mass is 16.4. The van der Waals surface area contributed by atoms with Gasteiger partial charge in [0.2, 0.25) is 5.82 Å². The molecule has 0 aliphatic heterocycles. The number of aryl methyl sites for hydroxylation is 1. The molecule has 148 valence electrons. The number of fused-ring (bicyclic) bond motifs is 1. The topological polar surface area (TPSA) is 110 Å². The van der Waals surface area contributed by atoms with Crippen LogP contribution in [0.5, 0.6) is 0 Å². The number of hydrogen-bond donors (Lipinski definition) is 2. The number of carboxylic acid groups (broad SMARTS) is 1. The Hall–Kier alpha value is -3.55. The molecule has 0 amide bonds. The average Bonchev–Trinajstić information content (AvgIpc) is 3.38. The Labute approximate surface area is 167 Å². The molecule has 0 spiro atoms. The Bertz CT molecular complexity index is 1120. The summed E-state index contributed by atoms with van der Waals surface area (Å²) < 4.78 is 1.84. The molecule has 0 fully saturated rings. The average molecular weight is 390 g/mol. The highest BCUT2D eigenvalue weighted by Gasteiger charge is 2.29. The van der Waals surface area contributed by atoms with Crippen LogP contribution in [0.4, 0.5) is 0 Å². The van der Waals surface area contributed by atoms with Gasteiger partial charge in [-0.1, -0.05) is 56.2 Å². The molecular weight excluding hydrogens is 368 g/mol. The van der Waals surface area contributed by atoms with E-state index in [1.54, 1.807) is 6.07 Å². The molecule has 2 aromatic carbocycles. The van der Waals surface area contributed by atoms with Gasteiger partial charge in [-0.15, -0.1) is 10.2 Å². The van der Waals surface area contributed by atoms with E-state index < -0.39 is 12.0 Å². The molecule has 1 unspecified atom stereocenters. The Morgan fingerprint density at radius 2 is 1.93 bits per heavy atom. The number of imidazole rings is 1. The normalized spacial score (nSPS) is 12.3. The van der Waals surface area contributed by atoms with E-state index in [0.717, 1.165) is 42.5 Å². The van der Waals surface area contributed by atoms with Gasteiger partial charge in [-0.3, -0.25) is 0 Å². The van der Waals surface area contributed by atoms with Gasteiger partial charge >= 0.3 is 5.97 Å². The van der Waals surface area contributed by atoms with Gasteiger partial charge < -0.3 is 9.67 Å². The van der Waals surface area contributed by atoms with E-state index >= 15 is 0 Å². The first-order chi connectivity index (χ1) is 14.2. The fourth-order valence-electron chi connectivity index (χ4n) is 3.69. The Kier molecular flexibility index (Phi) is 5.33. The summed E-state index contributed by atoms with van der Waals surface area (Å²) in [7, 11) is 0. The Morgan fingerprint density at radius 1 is 1.14 bits per heavy atom. The monoisotopic (exact) mass is 390 g/mol. The van der Waals surface area contributed by atoms with Gasteiger partial charge in [-0.05, 0) is 29.3 Å². The number of nitrogens with zero attached hydrogens (tertiary/aromatic N) is 5. The van der Waals surface area contributed by atoms with Crippen molar-refractivity contribution in [2.24, 2.45) is 0 Å². The Morgan fingerprint density at radius 3 is 2.69 bits per heavy atom. The third-order valence-corrected chi connectivity index (χ3v) is 5.01. The maximum atomic E-state index is 12.5. The minimum atomic E-state index is -0.958. The van der Waals surface area contributed by atoms with E-state index in [1.165, 1.54) is 0 Å². The smallest absolute Gasteiger partial charge is 0.331 e. The minimum Gasteiger partial charge on any atom is -0.479 e. The lowest BCUT2D eigenvalue weighted by Crippen LogP contribution is -2.23. The summed E-state index contributed by atoms with van der Waals surface area (Å²) in [6.07, 6.45) is 3.83. The summed E-state index contributed by atoms with van der Waals surface area (Å²) in [5, 5.41) is 24.4. The second-order valence-electron chi connectivity index (χ2n) is 6.91. The number of H-pyrrole nitrogens is 1. The number of nitrogens with one attached hydrogen (secondary N) is 1. The second-order valence-corrected chi connectivity index (χ2v) is 6.91. The van der Waals surface area contributed by atoms with Gasteiger partial charge in [-0.25, -0.2) is 9.78 Å². The van der Waals surface area contributed by atoms with Crippen LogP contribution in [0.25, 0.3) is 22.4 Å². The summed E-state index contributed by atoms with van der Waals surface area (Å²) in [5.41, 5.74) is 2.82. The SMILES string of the molecule is CCCCCc1nc2ccccc2n1C(C(=O)O)c1ccccc1-c1nn[nH]n1. The number of aliphatic carboxylic acids is 1. The number of carboxylic acids is 1. The number of unbranched alkanes of at least 4 members (excludes halogenated alkanes) is 2. The zero-order valence-electron chi connectivity index (χ0n) is 16.1. The van der Waals surface area contributed by atoms with Crippen LogP contribution in [0.15, 0.2) is 48.5 Å². The lowest BCUT2D eigenvalue weighted by atomic mass is 9.99. The first-order valence-electron chi connectivity index (χ1n) is 9.72. The summed E-state index contributed by atoms with van der Waals surface area (Å²) in [4.78, 5) is 17.3. The second kappa shape index (κ2) is 8.22. The summed E-state index contributed by atoms with van der Waals surface area (Å²) in [6.45, 7) is 2.14. The van der Waals surface area contributed by atoms with E-state index in [0.29, 0.717) is 17.0 Å². The number of carbonyl (C=O) groups is 1. The van der Waals surface area contributed by atoms with Crippen molar-refractivity contribution in [3.8, 4) is 11.4 Å². The minimum absolute atomic E-state index is 0.365. The maximum Gasteiger partial charge on any atom is 0.331 e. The molecule has 2 aromatic heterocycles. The third kappa shape index (κ3) is 3.61. The van der Waals surface area contributed by atoms with Crippen molar-refractivity contribution in [2.45, 2.75) is 38.6 Å². The molecule has 4 rings (SSSR count).